The lowest BCUT2D eigenvalue weighted by Crippen LogP contribution is -2.29. The van der Waals surface area contributed by atoms with Crippen LogP contribution in [0.25, 0.3) is 0 Å². The topological polar surface area (TPSA) is 61.2 Å². The number of ether oxygens (including phenoxy) is 2. The Balaban J connectivity index is 1.51. The molecule has 1 aliphatic heterocycles. The van der Waals surface area contributed by atoms with Crippen LogP contribution in [0.4, 0.5) is 0 Å². The van der Waals surface area contributed by atoms with Gasteiger partial charge in [-0.2, -0.15) is 0 Å². The van der Waals surface area contributed by atoms with Crippen molar-refractivity contribution >= 4 is 0 Å². The highest BCUT2D eigenvalue weighted by Gasteiger charge is 2.18. The van der Waals surface area contributed by atoms with E-state index in [1.54, 1.807) is 7.11 Å². The van der Waals surface area contributed by atoms with Crippen molar-refractivity contribution in [2.75, 3.05) is 20.3 Å². The molecule has 1 aromatic heterocycles. The third kappa shape index (κ3) is 4.13. The number of nitrogens with zero attached hydrogens (tertiary/aromatic N) is 3. The van der Waals surface area contributed by atoms with E-state index in [-0.39, 0.29) is 0 Å². The van der Waals surface area contributed by atoms with Gasteiger partial charge in [-0.3, -0.25) is 0 Å². The van der Waals surface area contributed by atoms with Crippen molar-refractivity contribution in [1.82, 2.24) is 20.1 Å². The van der Waals surface area contributed by atoms with Gasteiger partial charge in [0.15, 0.2) is 0 Å². The number of nitrogens with one attached hydrogen (secondary N) is 1. The Morgan fingerprint density at radius 2 is 2.29 bits per heavy atom. The fourth-order valence-electron chi connectivity index (χ4n) is 3.18. The van der Waals surface area contributed by atoms with Crippen molar-refractivity contribution in [3.05, 3.63) is 41.5 Å². The molecule has 24 heavy (non-hydrogen) atoms. The van der Waals surface area contributed by atoms with Gasteiger partial charge in [-0.25, -0.2) is 0 Å². The molecule has 0 aliphatic carbocycles. The molecule has 1 atom stereocenters. The lowest BCUT2D eigenvalue weighted by Gasteiger charge is -2.23. The number of aromatic nitrogens is 3. The summed E-state index contributed by atoms with van der Waals surface area (Å²) in [7, 11) is 1.70. The summed E-state index contributed by atoms with van der Waals surface area (Å²) in [4.78, 5) is 0. The molecule has 1 unspecified atom stereocenters. The lowest BCUT2D eigenvalue weighted by atomic mass is 9.99. The highest BCUT2D eigenvalue weighted by molar-refractivity contribution is 5.36. The summed E-state index contributed by atoms with van der Waals surface area (Å²) in [5.74, 6) is 2.64. The summed E-state index contributed by atoms with van der Waals surface area (Å²) < 4.78 is 13.1. The van der Waals surface area contributed by atoms with Gasteiger partial charge in [-0.1, -0.05) is 6.07 Å². The van der Waals surface area contributed by atoms with E-state index < -0.39 is 0 Å². The van der Waals surface area contributed by atoms with E-state index >= 15 is 0 Å². The summed E-state index contributed by atoms with van der Waals surface area (Å²) in [6.45, 7) is 6.17. The van der Waals surface area contributed by atoms with Gasteiger partial charge in [0.2, 0.25) is 0 Å². The van der Waals surface area contributed by atoms with Crippen molar-refractivity contribution in [3.63, 3.8) is 0 Å². The van der Waals surface area contributed by atoms with E-state index in [4.69, 9.17) is 9.47 Å². The maximum absolute atomic E-state index is 5.53. The van der Waals surface area contributed by atoms with Crippen LogP contribution in [0.15, 0.2) is 24.5 Å². The molecule has 1 aliphatic rings. The summed E-state index contributed by atoms with van der Waals surface area (Å²) in [6, 6.07) is 6.30. The number of hydrogen-bond acceptors (Lipinski definition) is 5. The Morgan fingerprint density at radius 1 is 1.38 bits per heavy atom. The summed E-state index contributed by atoms with van der Waals surface area (Å²) in [6.07, 6.45) is 4.03. The van der Waals surface area contributed by atoms with Crippen LogP contribution in [0.5, 0.6) is 5.75 Å². The van der Waals surface area contributed by atoms with E-state index in [0.29, 0.717) is 19.1 Å². The summed E-state index contributed by atoms with van der Waals surface area (Å²) in [5.41, 5.74) is 2.36. The molecule has 6 heteroatoms. The molecule has 0 saturated carbocycles. The van der Waals surface area contributed by atoms with Crippen LogP contribution in [0, 0.1) is 5.92 Å². The number of rotatable bonds is 8. The van der Waals surface area contributed by atoms with Crippen LogP contribution in [0.2, 0.25) is 0 Å². The predicted molar refractivity (Wildman–Crippen MR) is 91.9 cm³/mol. The molecule has 0 amide bonds. The number of hydrogen-bond donors (Lipinski definition) is 1. The minimum absolute atomic E-state index is 0.590. The van der Waals surface area contributed by atoms with Gasteiger partial charge in [0.25, 0.3) is 0 Å². The standard InChI is InChI=1S/C18H26N4O2/c1-3-24-12-16-8-14(4-6-17(16)23-2)9-19-10-15-5-7-18-21-20-13-22(18)11-15/h4,6,8,13,15,19H,3,5,7,9-12H2,1-2H3. The van der Waals surface area contributed by atoms with E-state index in [0.717, 1.165) is 43.2 Å². The lowest BCUT2D eigenvalue weighted by molar-refractivity contribution is 0.132. The first-order chi connectivity index (χ1) is 11.8. The minimum atomic E-state index is 0.590. The molecule has 130 valence electrons. The molecule has 1 N–H and O–H groups in total. The van der Waals surface area contributed by atoms with Gasteiger partial charge in [-0.05, 0) is 43.5 Å². The van der Waals surface area contributed by atoms with Crippen LogP contribution in [0.1, 0.15) is 30.3 Å². The van der Waals surface area contributed by atoms with E-state index in [1.807, 2.05) is 19.3 Å². The first kappa shape index (κ1) is 16.9. The van der Waals surface area contributed by atoms with Crippen molar-refractivity contribution in [1.29, 1.82) is 0 Å². The SMILES string of the molecule is CCOCc1cc(CNCC2CCc3nncn3C2)ccc1OC. The number of aryl methyl sites for hydroxylation is 1. The van der Waals surface area contributed by atoms with Crippen molar-refractivity contribution < 1.29 is 9.47 Å². The predicted octanol–water partition coefficient (Wildman–Crippen LogP) is 2.18. The molecule has 6 nitrogen and oxygen atoms in total. The fraction of sp³-hybridized carbons (Fsp3) is 0.556. The average molecular weight is 330 g/mol. The zero-order chi connectivity index (χ0) is 16.8. The molecule has 2 aromatic rings. The van der Waals surface area contributed by atoms with Crippen LogP contribution in [-0.4, -0.2) is 35.0 Å². The third-order valence-electron chi connectivity index (χ3n) is 4.50. The molecule has 0 saturated heterocycles. The van der Waals surface area contributed by atoms with Crippen LogP contribution in [-0.2, 0) is 30.9 Å². The Kier molecular flexibility index (Phi) is 5.82. The quantitative estimate of drug-likeness (QED) is 0.804. The number of methoxy groups -OCH3 is 1. The van der Waals surface area contributed by atoms with Gasteiger partial charge in [0.05, 0.1) is 13.7 Å². The molecule has 0 fully saturated rings. The molecule has 1 aromatic carbocycles. The van der Waals surface area contributed by atoms with Gasteiger partial charge in [0, 0.05) is 31.7 Å². The normalized spacial score (nSPS) is 16.8. The first-order valence-corrected chi connectivity index (χ1v) is 8.61. The maximum Gasteiger partial charge on any atom is 0.132 e. The van der Waals surface area contributed by atoms with Gasteiger partial charge in [0.1, 0.15) is 17.9 Å². The van der Waals surface area contributed by atoms with Gasteiger partial charge < -0.3 is 19.4 Å². The molecule has 0 spiro atoms. The second kappa shape index (κ2) is 8.26. The molecular formula is C18H26N4O2. The largest absolute Gasteiger partial charge is 0.496 e. The monoisotopic (exact) mass is 330 g/mol. The Bertz CT molecular complexity index is 656. The van der Waals surface area contributed by atoms with E-state index in [2.05, 4.69) is 32.2 Å². The fourth-order valence-corrected chi connectivity index (χ4v) is 3.18. The summed E-state index contributed by atoms with van der Waals surface area (Å²) in [5, 5.41) is 11.7. The van der Waals surface area contributed by atoms with Crippen LogP contribution >= 0.6 is 0 Å². The average Bonchev–Trinajstić information content (AvgIpc) is 3.08. The number of benzene rings is 1. The van der Waals surface area contributed by atoms with E-state index in [1.165, 1.54) is 12.0 Å². The molecule has 0 radical (unpaired) electrons. The Morgan fingerprint density at radius 3 is 3.12 bits per heavy atom. The smallest absolute Gasteiger partial charge is 0.132 e. The molecular weight excluding hydrogens is 304 g/mol. The van der Waals surface area contributed by atoms with Crippen LogP contribution < -0.4 is 10.1 Å². The third-order valence-corrected chi connectivity index (χ3v) is 4.50. The summed E-state index contributed by atoms with van der Waals surface area (Å²) >= 11 is 0. The highest BCUT2D eigenvalue weighted by Crippen LogP contribution is 2.21. The van der Waals surface area contributed by atoms with E-state index in [9.17, 15) is 0 Å². The molecule has 2 heterocycles. The first-order valence-electron chi connectivity index (χ1n) is 8.61. The minimum Gasteiger partial charge on any atom is -0.496 e. The van der Waals surface area contributed by atoms with Crippen molar-refractivity contribution in [2.45, 2.75) is 39.5 Å². The zero-order valence-electron chi connectivity index (χ0n) is 14.5. The van der Waals surface area contributed by atoms with Gasteiger partial charge in [-0.15, -0.1) is 10.2 Å². The van der Waals surface area contributed by atoms with Crippen LogP contribution in [0.3, 0.4) is 0 Å². The molecule has 3 rings (SSSR count). The maximum atomic E-state index is 5.53. The highest BCUT2D eigenvalue weighted by atomic mass is 16.5. The second-order valence-corrected chi connectivity index (χ2v) is 6.22. The second-order valence-electron chi connectivity index (χ2n) is 6.22. The molecule has 0 bridgehead atoms. The Labute approximate surface area is 143 Å². The Hall–Kier alpha value is -1.92. The zero-order valence-corrected chi connectivity index (χ0v) is 14.5. The van der Waals surface area contributed by atoms with Crippen molar-refractivity contribution in [3.8, 4) is 5.75 Å². The van der Waals surface area contributed by atoms with Crippen molar-refractivity contribution in [2.24, 2.45) is 5.92 Å². The number of fused-ring (bicyclic) bond motifs is 1. The van der Waals surface area contributed by atoms with Gasteiger partial charge >= 0.3 is 0 Å².